The van der Waals surface area contributed by atoms with E-state index in [1.54, 1.807) is 32.9 Å². The molecule has 2 aromatic carbocycles. The fourth-order valence-corrected chi connectivity index (χ4v) is 1.97. The van der Waals surface area contributed by atoms with Crippen molar-refractivity contribution >= 4 is 5.69 Å². The Morgan fingerprint density at radius 1 is 0.900 bits per heavy atom. The zero-order valence-corrected chi connectivity index (χ0v) is 11.6. The van der Waals surface area contributed by atoms with Crippen LogP contribution in [0.1, 0.15) is 29.7 Å². The summed E-state index contributed by atoms with van der Waals surface area (Å²) in [5, 5.41) is 2.77. The van der Waals surface area contributed by atoms with Gasteiger partial charge in [0.15, 0.2) is 5.82 Å². The molecule has 2 rings (SSSR count). The molecule has 1 unspecified atom stereocenters. The molecule has 0 bridgehead atoms. The molecule has 0 aliphatic rings. The molecular formula is C16H16F3N. The molecule has 2 aromatic rings. The molecule has 0 aromatic heterocycles. The van der Waals surface area contributed by atoms with Crippen molar-refractivity contribution in [2.45, 2.75) is 26.8 Å². The van der Waals surface area contributed by atoms with Crippen molar-refractivity contribution in [3.8, 4) is 0 Å². The Bertz CT molecular complexity index is 638. The average Bonchev–Trinajstić information content (AvgIpc) is 2.42. The number of rotatable bonds is 3. The van der Waals surface area contributed by atoms with Gasteiger partial charge in [0.1, 0.15) is 17.3 Å². The van der Waals surface area contributed by atoms with E-state index in [-0.39, 0.29) is 11.5 Å². The maximum absolute atomic E-state index is 13.9. The van der Waals surface area contributed by atoms with Gasteiger partial charge in [-0.2, -0.15) is 0 Å². The van der Waals surface area contributed by atoms with E-state index < -0.39 is 17.7 Å². The molecule has 20 heavy (non-hydrogen) atoms. The van der Waals surface area contributed by atoms with Crippen molar-refractivity contribution in [1.29, 1.82) is 0 Å². The lowest BCUT2D eigenvalue weighted by Crippen LogP contribution is -2.10. The van der Waals surface area contributed by atoms with Gasteiger partial charge in [-0.05, 0) is 49.6 Å². The van der Waals surface area contributed by atoms with E-state index in [0.717, 1.165) is 0 Å². The minimum Gasteiger partial charge on any atom is -0.374 e. The summed E-state index contributed by atoms with van der Waals surface area (Å²) in [7, 11) is 0. The van der Waals surface area contributed by atoms with Crippen molar-refractivity contribution < 1.29 is 13.2 Å². The van der Waals surface area contributed by atoms with Crippen molar-refractivity contribution in [3.63, 3.8) is 0 Å². The second-order valence-electron chi connectivity index (χ2n) is 4.93. The number of halogens is 3. The first kappa shape index (κ1) is 14.4. The zero-order chi connectivity index (χ0) is 14.9. The van der Waals surface area contributed by atoms with Crippen LogP contribution in [0.15, 0.2) is 30.3 Å². The van der Waals surface area contributed by atoms with Crippen LogP contribution in [0.5, 0.6) is 0 Å². The first-order chi connectivity index (χ1) is 9.40. The Balaban J connectivity index is 2.30. The highest BCUT2D eigenvalue weighted by Crippen LogP contribution is 2.27. The molecule has 1 atom stereocenters. The summed E-state index contributed by atoms with van der Waals surface area (Å²) in [6, 6.07) is 6.94. The predicted molar refractivity (Wildman–Crippen MR) is 74.3 cm³/mol. The maximum atomic E-state index is 13.9. The second-order valence-corrected chi connectivity index (χ2v) is 4.93. The van der Waals surface area contributed by atoms with E-state index in [9.17, 15) is 13.2 Å². The highest BCUT2D eigenvalue weighted by Gasteiger charge is 2.15. The van der Waals surface area contributed by atoms with E-state index in [1.807, 2.05) is 0 Å². The van der Waals surface area contributed by atoms with Gasteiger partial charge in [0.2, 0.25) is 0 Å². The van der Waals surface area contributed by atoms with Crippen LogP contribution in [0.3, 0.4) is 0 Å². The third-order valence-corrected chi connectivity index (χ3v) is 3.34. The van der Waals surface area contributed by atoms with Crippen LogP contribution >= 0.6 is 0 Å². The fraction of sp³-hybridized carbons (Fsp3) is 0.250. The molecule has 0 saturated carbocycles. The van der Waals surface area contributed by atoms with Crippen LogP contribution in [-0.2, 0) is 0 Å². The Hall–Kier alpha value is -1.97. The monoisotopic (exact) mass is 279 g/mol. The van der Waals surface area contributed by atoms with E-state index >= 15 is 0 Å². The van der Waals surface area contributed by atoms with Crippen molar-refractivity contribution in [2.75, 3.05) is 5.32 Å². The standard InChI is InChI=1S/C16H16F3N/c1-9-4-6-12(8-14(9)18)11(3)20-16-13(17)7-5-10(2)15(16)19/h4-8,11,20H,1-3H3. The number of nitrogens with one attached hydrogen (secondary N) is 1. The molecule has 0 radical (unpaired) electrons. The summed E-state index contributed by atoms with van der Waals surface area (Å²) in [6.07, 6.45) is 0. The summed E-state index contributed by atoms with van der Waals surface area (Å²) in [5.41, 5.74) is 1.34. The summed E-state index contributed by atoms with van der Waals surface area (Å²) in [5.74, 6) is -1.61. The van der Waals surface area contributed by atoms with Gasteiger partial charge in [-0.25, -0.2) is 13.2 Å². The second kappa shape index (κ2) is 5.57. The molecule has 106 valence electrons. The molecule has 1 nitrogen and oxygen atoms in total. The highest BCUT2D eigenvalue weighted by molar-refractivity contribution is 5.50. The van der Waals surface area contributed by atoms with Gasteiger partial charge in [0, 0.05) is 6.04 Å². The first-order valence-electron chi connectivity index (χ1n) is 6.37. The Morgan fingerprint density at radius 3 is 2.20 bits per heavy atom. The van der Waals surface area contributed by atoms with Crippen LogP contribution < -0.4 is 5.32 Å². The van der Waals surface area contributed by atoms with Gasteiger partial charge < -0.3 is 5.32 Å². The fourth-order valence-electron chi connectivity index (χ4n) is 1.97. The van der Waals surface area contributed by atoms with E-state index in [1.165, 1.54) is 18.2 Å². The molecule has 0 heterocycles. The third-order valence-electron chi connectivity index (χ3n) is 3.34. The molecule has 0 fully saturated rings. The van der Waals surface area contributed by atoms with Gasteiger partial charge in [-0.15, -0.1) is 0 Å². The smallest absolute Gasteiger partial charge is 0.152 e. The third kappa shape index (κ3) is 2.79. The van der Waals surface area contributed by atoms with Crippen LogP contribution in [0.25, 0.3) is 0 Å². The van der Waals surface area contributed by atoms with Crippen LogP contribution in [0.2, 0.25) is 0 Å². The molecule has 4 heteroatoms. The molecule has 1 N–H and O–H groups in total. The minimum atomic E-state index is -0.660. The highest BCUT2D eigenvalue weighted by atomic mass is 19.1. The molecule has 0 amide bonds. The lowest BCUT2D eigenvalue weighted by atomic mass is 10.1. The Morgan fingerprint density at radius 2 is 1.55 bits per heavy atom. The molecule has 0 saturated heterocycles. The van der Waals surface area contributed by atoms with Gasteiger partial charge in [-0.3, -0.25) is 0 Å². The van der Waals surface area contributed by atoms with Crippen molar-refractivity contribution in [1.82, 2.24) is 0 Å². The first-order valence-corrected chi connectivity index (χ1v) is 6.37. The molecule has 0 aliphatic carbocycles. The van der Waals surface area contributed by atoms with Crippen molar-refractivity contribution in [2.24, 2.45) is 0 Å². The van der Waals surface area contributed by atoms with E-state index in [0.29, 0.717) is 16.7 Å². The normalized spacial score (nSPS) is 12.3. The summed E-state index contributed by atoms with van der Waals surface area (Å²) < 4.78 is 41.1. The lowest BCUT2D eigenvalue weighted by molar-refractivity contribution is 0.578. The largest absolute Gasteiger partial charge is 0.374 e. The Kier molecular flexibility index (Phi) is 4.02. The minimum absolute atomic E-state index is 0.182. The topological polar surface area (TPSA) is 12.0 Å². The van der Waals surface area contributed by atoms with E-state index in [2.05, 4.69) is 5.32 Å². The van der Waals surface area contributed by atoms with Crippen LogP contribution in [0, 0.1) is 31.3 Å². The van der Waals surface area contributed by atoms with Crippen molar-refractivity contribution in [3.05, 3.63) is 64.5 Å². The number of hydrogen-bond donors (Lipinski definition) is 1. The number of anilines is 1. The number of benzene rings is 2. The van der Waals surface area contributed by atoms with Crippen LogP contribution in [-0.4, -0.2) is 0 Å². The van der Waals surface area contributed by atoms with E-state index in [4.69, 9.17) is 0 Å². The summed E-state index contributed by atoms with van der Waals surface area (Å²) >= 11 is 0. The quantitative estimate of drug-likeness (QED) is 0.843. The lowest BCUT2D eigenvalue weighted by Gasteiger charge is -2.18. The molecular weight excluding hydrogens is 263 g/mol. The average molecular weight is 279 g/mol. The van der Waals surface area contributed by atoms with Gasteiger partial charge in [0.25, 0.3) is 0 Å². The maximum Gasteiger partial charge on any atom is 0.152 e. The Labute approximate surface area is 116 Å². The van der Waals surface area contributed by atoms with Crippen LogP contribution in [0.4, 0.5) is 18.9 Å². The number of hydrogen-bond acceptors (Lipinski definition) is 1. The predicted octanol–water partition coefficient (Wildman–Crippen LogP) is 4.89. The SMILES string of the molecule is Cc1ccc(C(C)Nc2c(F)ccc(C)c2F)cc1F. The number of aryl methyl sites for hydroxylation is 2. The van der Waals surface area contributed by atoms with Gasteiger partial charge in [0.05, 0.1) is 0 Å². The summed E-state index contributed by atoms with van der Waals surface area (Å²) in [6.45, 7) is 4.96. The molecule has 0 spiro atoms. The zero-order valence-electron chi connectivity index (χ0n) is 11.6. The van der Waals surface area contributed by atoms with Gasteiger partial charge in [-0.1, -0.05) is 18.2 Å². The molecule has 0 aliphatic heterocycles. The summed E-state index contributed by atoms with van der Waals surface area (Å²) in [4.78, 5) is 0. The van der Waals surface area contributed by atoms with Gasteiger partial charge >= 0.3 is 0 Å².